The molecular weight excluding hydrogens is 290 g/mol. The van der Waals surface area contributed by atoms with E-state index < -0.39 is 0 Å². The van der Waals surface area contributed by atoms with E-state index in [1.54, 1.807) is 19.2 Å². The highest BCUT2D eigenvalue weighted by Gasteiger charge is 2.03. The molecule has 6 nitrogen and oxygen atoms in total. The van der Waals surface area contributed by atoms with Crippen molar-refractivity contribution in [2.45, 2.75) is 6.54 Å². The van der Waals surface area contributed by atoms with Crippen LogP contribution in [0.1, 0.15) is 10.4 Å². The Bertz CT molecular complexity index is 607. The molecule has 2 rings (SSSR count). The van der Waals surface area contributed by atoms with Gasteiger partial charge in [-0.05, 0) is 24.3 Å². The molecule has 0 saturated heterocycles. The van der Waals surface area contributed by atoms with Gasteiger partial charge in [-0.1, -0.05) is 18.2 Å². The quantitative estimate of drug-likeness (QED) is 0.407. The van der Waals surface area contributed by atoms with Crippen LogP contribution in [0.3, 0.4) is 0 Å². The van der Waals surface area contributed by atoms with Gasteiger partial charge in [-0.15, -0.1) is 0 Å². The molecule has 2 aromatic rings. The van der Waals surface area contributed by atoms with Gasteiger partial charge >= 0.3 is 0 Å². The zero-order chi connectivity index (χ0) is 16.3. The van der Waals surface area contributed by atoms with Crippen LogP contribution in [0.25, 0.3) is 0 Å². The first-order valence-corrected chi connectivity index (χ1v) is 7.68. The van der Waals surface area contributed by atoms with E-state index in [1.807, 2.05) is 42.7 Å². The number of benzene rings is 1. The Morgan fingerprint density at radius 1 is 0.957 bits per heavy atom. The number of aromatic nitrogens is 1. The molecule has 0 aliphatic heterocycles. The number of nitrogens with zero attached hydrogens (tertiary/aromatic N) is 2. The lowest BCUT2D eigenvalue weighted by Gasteiger charge is -2.12. The summed E-state index contributed by atoms with van der Waals surface area (Å²) in [5.41, 5.74) is 0.668. The van der Waals surface area contributed by atoms with E-state index >= 15 is 0 Å². The largest absolute Gasteiger partial charge is 0.355 e. The highest BCUT2D eigenvalue weighted by atomic mass is 16.1. The molecule has 0 radical (unpaired) electrons. The molecule has 0 fully saturated rings. The van der Waals surface area contributed by atoms with Crippen molar-refractivity contribution in [1.29, 1.82) is 0 Å². The number of rotatable bonds is 7. The van der Waals surface area contributed by atoms with E-state index in [0.29, 0.717) is 18.7 Å². The number of guanidine groups is 1. The fraction of sp³-hybridized carbons (Fsp3) is 0.294. The molecule has 6 heteroatoms. The summed E-state index contributed by atoms with van der Waals surface area (Å²) in [7, 11) is 1.73. The number of carbonyl (C=O) groups is 1. The number of hydrogen-bond donors (Lipinski definition) is 3. The van der Waals surface area contributed by atoms with E-state index in [1.165, 1.54) is 0 Å². The van der Waals surface area contributed by atoms with Gasteiger partial charge < -0.3 is 20.5 Å². The van der Waals surface area contributed by atoms with Gasteiger partial charge in [-0.2, -0.15) is 0 Å². The predicted octanol–water partition coefficient (Wildman–Crippen LogP) is 1.08. The minimum absolute atomic E-state index is 0.0667. The molecule has 1 heterocycles. The molecule has 23 heavy (non-hydrogen) atoms. The summed E-state index contributed by atoms with van der Waals surface area (Å²) in [6, 6.07) is 13.2. The fourth-order valence-corrected chi connectivity index (χ4v) is 2.09. The molecular formula is C17H23N5O. The minimum atomic E-state index is -0.0667. The maximum absolute atomic E-state index is 11.9. The summed E-state index contributed by atoms with van der Waals surface area (Å²) in [5, 5.41) is 9.27. The number of aliphatic imine (C=N–C) groups is 1. The number of amides is 1. The van der Waals surface area contributed by atoms with Crippen molar-refractivity contribution < 1.29 is 4.79 Å². The van der Waals surface area contributed by atoms with Crippen LogP contribution in [0.2, 0.25) is 0 Å². The Labute approximate surface area is 136 Å². The summed E-state index contributed by atoms with van der Waals surface area (Å²) >= 11 is 0. The molecule has 122 valence electrons. The maximum Gasteiger partial charge on any atom is 0.251 e. The van der Waals surface area contributed by atoms with E-state index in [-0.39, 0.29) is 5.91 Å². The molecule has 3 N–H and O–H groups in total. The van der Waals surface area contributed by atoms with Gasteiger partial charge in [0.25, 0.3) is 5.91 Å². The third-order valence-corrected chi connectivity index (χ3v) is 3.29. The first kappa shape index (κ1) is 16.6. The molecule has 0 saturated carbocycles. The molecule has 0 aliphatic carbocycles. The van der Waals surface area contributed by atoms with Gasteiger partial charge in [0, 0.05) is 51.2 Å². The van der Waals surface area contributed by atoms with Crippen LogP contribution in [0.15, 0.2) is 59.9 Å². The first-order valence-electron chi connectivity index (χ1n) is 7.68. The number of nitrogens with one attached hydrogen (secondary N) is 3. The number of hydrogen-bond acceptors (Lipinski definition) is 2. The van der Waals surface area contributed by atoms with Crippen molar-refractivity contribution in [3.05, 3.63) is 60.4 Å². The summed E-state index contributed by atoms with van der Waals surface area (Å²) in [6.07, 6.45) is 4.05. The first-order chi connectivity index (χ1) is 11.3. The van der Waals surface area contributed by atoms with Crippen molar-refractivity contribution in [3.8, 4) is 0 Å². The minimum Gasteiger partial charge on any atom is -0.355 e. The average molecular weight is 313 g/mol. The summed E-state index contributed by atoms with van der Waals surface area (Å²) in [4.78, 5) is 16.0. The van der Waals surface area contributed by atoms with Crippen molar-refractivity contribution >= 4 is 11.9 Å². The second-order valence-electron chi connectivity index (χ2n) is 4.97. The lowest BCUT2D eigenvalue weighted by molar-refractivity contribution is 0.0954. The highest BCUT2D eigenvalue weighted by Crippen LogP contribution is 1.96. The van der Waals surface area contributed by atoms with Gasteiger partial charge in [0.05, 0.1) is 0 Å². The molecule has 0 aliphatic rings. The molecule has 1 aromatic carbocycles. The normalized spacial score (nSPS) is 11.1. The van der Waals surface area contributed by atoms with Gasteiger partial charge in [0.1, 0.15) is 0 Å². The lowest BCUT2D eigenvalue weighted by Crippen LogP contribution is -2.42. The van der Waals surface area contributed by atoms with Crippen LogP contribution in [-0.4, -0.2) is 43.1 Å². The van der Waals surface area contributed by atoms with Crippen LogP contribution in [0.5, 0.6) is 0 Å². The van der Waals surface area contributed by atoms with Crippen LogP contribution >= 0.6 is 0 Å². The summed E-state index contributed by atoms with van der Waals surface area (Å²) < 4.78 is 2.10. The van der Waals surface area contributed by atoms with Gasteiger partial charge in [-0.3, -0.25) is 9.79 Å². The smallest absolute Gasteiger partial charge is 0.251 e. The topological polar surface area (TPSA) is 70.4 Å². The van der Waals surface area contributed by atoms with Crippen LogP contribution < -0.4 is 16.0 Å². The van der Waals surface area contributed by atoms with Crippen LogP contribution in [-0.2, 0) is 6.54 Å². The summed E-state index contributed by atoms with van der Waals surface area (Å²) in [6.45, 7) is 2.80. The molecule has 0 atom stereocenters. The summed E-state index contributed by atoms with van der Waals surface area (Å²) in [5.74, 6) is 0.661. The molecule has 1 amide bonds. The van der Waals surface area contributed by atoms with Crippen molar-refractivity contribution in [1.82, 2.24) is 20.5 Å². The number of carbonyl (C=O) groups excluding carboxylic acids is 1. The SMILES string of the molecule is CN=C(NCCNC(=O)c1ccccc1)NCCn1cccc1. The van der Waals surface area contributed by atoms with Gasteiger partial charge in [-0.25, -0.2) is 0 Å². The molecule has 1 aromatic heterocycles. The second kappa shape index (κ2) is 9.30. The maximum atomic E-state index is 11.9. The highest BCUT2D eigenvalue weighted by molar-refractivity contribution is 5.94. The van der Waals surface area contributed by atoms with Gasteiger partial charge in [0.15, 0.2) is 5.96 Å². The zero-order valence-electron chi connectivity index (χ0n) is 13.3. The van der Waals surface area contributed by atoms with Crippen LogP contribution in [0, 0.1) is 0 Å². The van der Waals surface area contributed by atoms with E-state index in [4.69, 9.17) is 0 Å². The van der Waals surface area contributed by atoms with E-state index in [9.17, 15) is 4.79 Å². The molecule has 0 bridgehead atoms. The fourth-order valence-electron chi connectivity index (χ4n) is 2.09. The Balaban J connectivity index is 1.61. The van der Waals surface area contributed by atoms with Crippen LogP contribution in [0.4, 0.5) is 0 Å². The third-order valence-electron chi connectivity index (χ3n) is 3.29. The molecule has 0 unspecified atom stereocenters. The van der Waals surface area contributed by atoms with Crippen molar-refractivity contribution in [2.24, 2.45) is 4.99 Å². The van der Waals surface area contributed by atoms with Crippen molar-refractivity contribution in [3.63, 3.8) is 0 Å². The van der Waals surface area contributed by atoms with E-state index in [2.05, 4.69) is 25.5 Å². The third kappa shape index (κ3) is 5.86. The Kier molecular flexibility index (Phi) is 6.71. The van der Waals surface area contributed by atoms with Crippen molar-refractivity contribution in [2.75, 3.05) is 26.7 Å². The Morgan fingerprint density at radius 3 is 2.30 bits per heavy atom. The second-order valence-corrected chi connectivity index (χ2v) is 4.97. The Hall–Kier alpha value is -2.76. The monoisotopic (exact) mass is 313 g/mol. The average Bonchev–Trinajstić information content (AvgIpc) is 3.11. The molecule has 0 spiro atoms. The van der Waals surface area contributed by atoms with Gasteiger partial charge in [0.2, 0.25) is 0 Å². The predicted molar refractivity (Wildman–Crippen MR) is 92.6 cm³/mol. The standard InChI is InChI=1S/C17H23N5O/c1-18-17(21-11-14-22-12-5-6-13-22)20-10-9-19-16(23)15-7-3-2-4-8-15/h2-8,12-13H,9-11,14H2,1H3,(H,19,23)(H2,18,20,21). The van der Waals surface area contributed by atoms with E-state index in [0.717, 1.165) is 19.0 Å². The Morgan fingerprint density at radius 2 is 1.61 bits per heavy atom. The lowest BCUT2D eigenvalue weighted by atomic mass is 10.2. The zero-order valence-corrected chi connectivity index (χ0v) is 13.3.